The lowest BCUT2D eigenvalue weighted by Crippen LogP contribution is -2.13. The van der Waals surface area contributed by atoms with Gasteiger partial charge < -0.3 is 15.1 Å². The molecular weight excluding hydrogens is 266 g/mol. The molecule has 2 N–H and O–H groups in total. The lowest BCUT2D eigenvalue weighted by Gasteiger charge is -2.08. The number of aliphatic hydroxyl groups is 1. The first-order chi connectivity index (χ1) is 9.91. The predicted molar refractivity (Wildman–Crippen MR) is 89.7 cm³/mol. The molecule has 0 aromatic rings. The summed E-state index contributed by atoms with van der Waals surface area (Å²) in [7, 11) is 4.32. The maximum Gasteiger partial charge on any atom is 0.332 e. The largest absolute Gasteiger partial charge is 0.479 e. The van der Waals surface area contributed by atoms with Gasteiger partial charge in [-0.1, -0.05) is 64.7 Å². The summed E-state index contributed by atoms with van der Waals surface area (Å²) in [6.07, 6.45) is 13.1. The van der Waals surface area contributed by atoms with Crippen molar-refractivity contribution in [1.82, 2.24) is 4.90 Å². The average Bonchev–Trinajstić information content (AvgIpc) is 2.41. The molecule has 0 spiro atoms. The van der Waals surface area contributed by atoms with Crippen molar-refractivity contribution in [3.8, 4) is 0 Å². The number of carboxylic acids is 1. The van der Waals surface area contributed by atoms with Gasteiger partial charge in [0.15, 0.2) is 0 Å². The van der Waals surface area contributed by atoms with Crippen molar-refractivity contribution >= 4 is 5.97 Å². The number of aliphatic hydroxyl groups excluding tert-OH is 1. The second-order valence-electron chi connectivity index (χ2n) is 6.00. The van der Waals surface area contributed by atoms with Gasteiger partial charge in [0.1, 0.15) is 6.10 Å². The molecule has 0 aliphatic heterocycles. The van der Waals surface area contributed by atoms with E-state index in [-0.39, 0.29) is 0 Å². The number of nitrogens with zero attached hydrogens (tertiary/aromatic N) is 1. The smallest absolute Gasteiger partial charge is 0.332 e. The van der Waals surface area contributed by atoms with Crippen LogP contribution in [-0.4, -0.2) is 47.8 Å². The van der Waals surface area contributed by atoms with Crippen molar-refractivity contribution in [2.75, 3.05) is 20.6 Å². The molecule has 1 unspecified atom stereocenters. The van der Waals surface area contributed by atoms with Gasteiger partial charge in [0.05, 0.1) is 0 Å². The molecule has 0 aliphatic rings. The number of carbonyl (C=O) groups is 1. The van der Waals surface area contributed by atoms with Crippen LogP contribution < -0.4 is 0 Å². The normalized spacial score (nSPS) is 11.9. The van der Waals surface area contributed by atoms with Crippen LogP contribution in [0.15, 0.2) is 0 Å². The van der Waals surface area contributed by atoms with E-state index in [4.69, 9.17) is 10.2 Å². The lowest BCUT2D eigenvalue weighted by atomic mass is 10.1. The summed E-state index contributed by atoms with van der Waals surface area (Å²) in [6.45, 7) is 4.74. The maximum atomic E-state index is 9.45. The van der Waals surface area contributed by atoms with Gasteiger partial charge in [-0.2, -0.15) is 0 Å². The van der Waals surface area contributed by atoms with E-state index < -0.39 is 12.1 Å². The molecule has 4 heteroatoms. The van der Waals surface area contributed by atoms with E-state index in [1.807, 2.05) is 0 Å². The standard InChI is InChI=1S/C14H31N.C3H6O3/c1-4-5-6-7-8-9-10-11-12-13-14-15(2)3;1-2(4)3(5)6/h4-14H2,1-3H3;2,4H,1H3,(H,5,6). The monoisotopic (exact) mass is 303 g/mol. The molecule has 0 aromatic heterocycles. The zero-order chi connectivity index (χ0) is 16.5. The van der Waals surface area contributed by atoms with Crippen LogP contribution in [0.2, 0.25) is 0 Å². The van der Waals surface area contributed by atoms with E-state index in [1.165, 1.54) is 77.7 Å². The molecule has 0 rings (SSSR count). The van der Waals surface area contributed by atoms with E-state index >= 15 is 0 Å². The fourth-order valence-corrected chi connectivity index (χ4v) is 1.92. The van der Waals surface area contributed by atoms with Crippen LogP contribution in [0.1, 0.15) is 78.1 Å². The van der Waals surface area contributed by atoms with Gasteiger partial charge in [-0.15, -0.1) is 0 Å². The van der Waals surface area contributed by atoms with E-state index in [2.05, 4.69) is 25.9 Å². The molecule has 0 bridgehead atoms. The summed E-state index contributed by atoms with van der Waals surface area (Å²) in [6, 6.07) is 0. The fourth-order valence-electron chi connectivity index (χ4n) is 1.92. The van der Waals surface area contributed by atoms with Crippen molar-refractivity contribution in [1.29, 1.82) is 0 Å². The van der Waals surface area contributed by atoms with Crippen molar-refractivity contribution in [2.45, 2.75) is 84.2 Å². The Balaban J connectivity index is 0. The first-order valence-corrected chi connectivity index (χ1v) is 8.47. The Hall–Kier alpha value is -0.610. The summed E-state index contributed by atoms with van der Waals surface area (Å²) in [5, 5.41) is 15.8. The highest BCUT2D eigenvalue weighted by Gasteiger charge is 2.01. The molecule has 128 valence electrons. The highest BCUT2D eigenvalue weighted by molar-refractivity contribution is 5.71. The minimum absolute atomic E-state index is 1.19. The number of rotatable bonds is 12. The van der Waals surface area contributed by atoms with Crippen molar-refractivity contribution in [3.05, 3.63) is 0 Å². The Labute approximate surface area is 131 Å². The van der Waals surface area contributed by atoms with E-state index in [0.29, 0.717) is 0 Å². The molecule has 1 atom stereocenters. The Morgan fingerprint density at radius 1 is 0.905 bits per heavy atom. The van der Waals surface area contributed by atoms with Crippen LogP contribution in [0.5, 0.6) is 0 Å². The third-order valence-electron chi connectivity index (χ3n) is 3.32. The third kappa shape index (κ3) is 24.8. The van der Waals surface area contributed by atoms with Gasteiger partial charge in [-0.25, -0.2) is 4.79 Å². The summed E-state index contributed by atoms with van der Waals surface area (Å²) < 4.78 is 0. The first kappa shape index (κ1) is 22.7. The predicted octanol–water partition coefficient (Wildman–Crippen LogP) is 3.92. The van der Waals surface area contributed by atoms with Crippen molar-refractivity contribution in [2.24, 2.45) is 0 Å². The van der Waals surface area contributed by atoms with Crippen LogP contribution in [0, 0.1) is 0 Å². The Morgan fingerprint density at radius 2 is 1.24 bits per heavy atom. The average molecular weight is 303 g/mol. The van der Waals surface area contributed by atoms with Crippen LogP contribution in [0.4, 0.5) is 0 Å². The molecule has 21 heavy (non-hydrogen) atoms. The van der Waals surface area contributed by atoms with Gasteiger partial charge in [-0.3, -0.25) is 0 Å². The van der Waals surface area contributed by atoms with E-state index in [9.17, 15) is 4.79 Å². The van der Waals surface area contributed by atoms with E-state index in [1.54, 1.807) is 0 Å². The topological polar surface area (TPSA) is 60.8 Å². The second kappa shape index (κ2) is 17.4. The number of carboxylic acid groups (broad SMARTS) is 1. The Kier molecular flexibility index (Phi) is 18.8. The molecule has 0 saturated carbocycles. The quantitative estimate of drug-likeness (QED) is 0.536. The van der Waals surface area contributed by atoms with Gasteiger partial charge >= 0.3 is 5.97 Å². The summed E-state index contributed by atoms with van der Waals surface area (Å²) in [4.78, 5) is 11.7. The molecule has 0 aromatic carbocycles. The van der Waals surface area contributed by atoms with Gasteiger partial charge in [0, 0.05) is 0 Å². The first-order valence-electron chi connectivity index (χ1n) is 8.47. The van der Waals surface area contributed by atoms with Crippen LogP contribution in [-0.2, 0) is 4.79 Å². The lowest BCUT2D eigenvalue weighted by molar-refractivity contribution is -0.145. The molecule has 0 amide bonds. The number of aliphatic carboxylic acids is 1. The summed E-state index contributed by atoms with van der Waals surface area (Å²) in [5.74, 6) is -1.19. The van der Waals surface area contributed by atoms with Crippen LogP contribution in [0.3, 0.4) is 0 Å². The number of unbranched alkanes of at least 4 members (excludes halogenated alkanes) is 9. The number of hydrogen-bond acceptors (Lipinski definition) is 3. The molecule has 0 saturated heterocycles. The molecule has 0 heterocycles. The molecule has 0 fully saturated rings. The van der Waals surface area contributed by atoms with Crippen LogP contribution in [0.25, 0.3) is 0 Å². The third-order valence-corrected chi connectivity index (χ3v) is 3.32. The van der Waals surface area contributed by atoms with Crippen molar-refractivity contribution in [3.63, 3.8) is 0 Å². The highest BCUT2D eigenvalue weighted by atomic mass is 16.4. The van der Waals surface area contributed by atoms with Crippen molar-refractivity contribution < 1.29 is 15.0 Å². The molecule has 0 radical (unpaired) electrons. The minimum Gasteiger partial charge on any atom is -0.479 e. The highest BCUT2D eigenvalue weighted by Crippen LogP contribution is 2.10. The second-order valence-corrected chi connectivity index (χ2v) is 6.00. The maximum absolute atomic E-state index is 9.45. The van der Waals surface area contributed by atoms with Gasteiger partial charge in [0.2, 0.25) is 0 Å². The Bertz CT molecular complexity index is 218. The summed E-state index contributed by atoms with van der Waals surface area (Å²) >= 11 is 0. The molecular formula is C17H37NO3. The SMILES string of the molecule is CC(O)C(=O)O.CCCCCCCCCCCCN(C)C. The summed E-state index contributed by atoms with van der Waals surface area (Å²) in [5.41, 5.74) is 0. The zero-order valence-corrected chi connectivity index (χ0v) is 14.6. The fraction of sp³-hybridized carbons (Fsp3) is 0.941. The van der Waals surface area contributed by atoms with Gasteiger partial charge in [0.25, 0.3) is 0 Å². The minimum atomic E-state index is -1.23. The zero-order valence-electron chi connectivity index (χ0n) is 14.6. The van der Waals surface area contributed by atoms with Crippen LogP contribution >= 0.6 is 0 Å². The molecule has 0 aliphatic carbocycles. The number of hydrogen-bond donors (Lipinski definition) is 2. The van der Waals surface area contributed by atoms with Gasteiger partial charge in [-0.05, 0) is 34.0 Å². The Morgan fingerprint density at radius 3 is 1.52 bits per heavy atom. The molecule has 4 nitrogen and oxygen atoms in total. The van der Waals surface area contributed by atoms with E-state index in [0.717, 1.165) is 0 Å².